The summed E-state index contributed by atoms with van der Waals surface area (Å²) < 4.78 is 0.514. The van der Waals surface area contributed by atoms with Crippen molar-refractivity contribution in [1.29, 1.82) is 0 Å². The number of Topliss-reactive ketones (excluding diaryl/α,β-unsaturated/α-hetero) is 2. The Morgan fingerprint density at radius 2 is 1.79 bits per heavy atom. The first-order chi connectivity index (χ1) is 20.1. The Kier molecular flexibility index (Phi) is 13.2. The van der Waals surface area contributed by atoms with Gasteiger partial charge in [0, 0.05) is 19.4 Å². The van der Waals surface area contributed by atoms with Crippen LogP contribution >= 0.6 is 15.9 Å². The molecule has 0 spiro atoms. The standard InChI is InChI=1S/C29H44BrN7O6/c1-17(2)23(20(38)10-7-8-11-21(30)32-6)33-28(42)34-25(29(3,4)5)27(41)36-15-9-12-22(36)37(43)35-19(16-18-13-14-18)24(39)26(31)40/h7-8,11,17-19,22-23,25H,6,9-10,12-16H2,1-5H3,(H4-,31,33,34,35,40,42,43)/p+1/b8-7-,21-11-/t19?,22-,23?,25?/m1/s1. The summed E-state index contributed by atoms with van der Waals surface area (Å²) in [5.41, 5.74) is 7.02. The molecule has 2 rings (SSSR count). The fourth-order valence-electron chi connectivity index (χ4n) is 4.83. The van der Waals surface area contributed by atoms with Gasteiger partial charge in [0.15, 0.2) is 11.8 Å². The van der Waals surface area contributed by atoms with Crippen LogP contribution in [0.3, 0.4) is 0 Å². The van der Waals surface area contributed by atoms with Crippen LogP contribution in [-0.2, 0) is 19.2 Å². The van der Waals surface area contributed by atoms with Gasteiger partial charge in [-0.1, -0.05) is 59.6 Å². The van der Waals surface area contributed by atoms with Gasteiger partial charge in [-0.3, -0.25) is 29.1 Å². The van der Waals surface area contributed by atoms with Crippen LogP contribution < -0.4 is 21.8 Å². The maximum absolute atomic E-state index is 13.8. The summed E-state index contributed by atoms with van der Waals surface area (Å²) in [5.74, 6) is -2.68. The first-order valence-electron chi connectivity index (χ1n) is 14.5. The summed E-state index contributed by atoms with van der Waals surface area (Å²) in [6, 6.07) is -3.60. The van der Waals surface area contributed by atoms with Gasteiger partial charge in [0.2, 0.25) is 5.78 Å². The lowest BCUT2D eigenvalue weighted by molar-refractivity contribution is -0.658. The average Bonchev–Trinajstić information content (AvgIpc) is 3.61. The number of hydrogen-bond donors (Lipinski definition) is 4. The number of halogens is 1. The largest absolute Gasteiger partial charge is 0.363 e. The highest BCUT2D eigenvalue weighted by atomic mass is 79.9. The minimum absolute atomic E-state index is 0.0699. The minimum atomic E-state index is -1.13. The van der Waals surface area contributed by atoms with Gasteiger partial charge in [-0.2, -0.15) is 0 Å². The number of hydrazine groups is 1. The fourth-order valence-corrected chi connectivity index (χ4v) is 4.98. The lowest BCUT2D eigenvalue weighted by Crippen LogP contribution is -2.61. The van der Waals surface area contributed by atoms with E-state index in [0.717, 1.165) is 12.8 Å². The molecule has 13 nitrogen and oxygen atoms in total. The number of nitrogens with zero attached hydrogens (tertiary/aromatic N) is 3. The Hall–Kier alpha value is -3.42. The summed E-state index contributed by atoms with van der Waals surface area (Å²) in [6.45, 7) is 12.6. The molecule has 1 aliphatic carbocycles. The molecule has 14 heteroatoms. The van der Waals surface area contributed by atoms with Gasteiger partial charge < -0.3 is 16.4 Å². The lowest BCUT2D eigenvalue weighted by Gasteiger charge is -2.34. The summed E-state index contributed by atoms with van der Waals surface area (Å²) in [5, 5.41) is 5.44. The lowest BCUT2D eigenvalue weighted by atomic mass is 9.85. The molecule has 238 valence electrons. The second kappa shape index (κ2) is 15.9. The third-order valence-corrected chi connectivity index (χ3v) is 7.93. The maximum atomic E-state index is 13.8. The van der Waals surface area contributed by atoms with Crippen LogP contribution in [0.2, 0.25) is 0 Å². The summed E-state index contributed by atoms with van der Waals surface area (Å²) in [7, 11) is 0. The van der Waals surface area contributed by atoms with Crippen molar-refractivity contribution in [3.05, 3.63) is 27.7 Å². The molecule has 4 atom stereocenters. The number of likely N-dealkylation sites (tertiary alicyclic amines) is 1. The van der Waals surface area contributed by atoms with Gasteiger partial charge in [-0.15, -0.1) is 5.43 Å². The molecule has 0 bridgehead atoms. The number of hydrogen-bond acceptors (Lipinski definition) is 7. The van der Waals surface area contributed by atoms with Crippen LogP contribution in [0.1, 0.15) is 73.1 Å². The molecule has 0 aromatic heterocycles. The van der Waals surface area contributed by atoms with Crippen LogP contribution in [0, 0.1) is 22.2 Å². The molecule has 3 unspecified atom stereocenters. The van der Waals surface area contributed by atoms with Crippen LogP contribution in [0.15, 0.2) is 27.8 Å². The van der Waals surface area contributed by atoms with E-state index in [1.54, 1.807) is 52.8 Å². The molecular formula is C29H45BrN7O6+. The molecule has 0 aromatic rings. The van der Waals surface area contributed by atoms with Crippen molar-refractivity contribution in [2.75, 3.05) is 6.54 Å². The van der Waals surface area contributed by atoms with Crippen molar-refractivity contribution >= 4 is 52.1 Å². The summed E-state index contributed by atoms with van der Waals surface area (Å²) in [6.07, 6.45) is 7.03. The molecule has 1 heterocycles. The van der Waals surface area contributed by atoms with Crippen molar-refractivity contribution in [3.63, 3.8) is 0 Å². The first kappa shape index (κ1) is 35.8. The second-order valence-corrected chi connectivity index (χ2v) is 13.3. The van der Waals surface area contributed by atoms with Gasteiger partial charge in [0.25, 0.3) is 11.8 Å². The zero-order chi connectivity index (χ0) is 32.5. The van der Waals surface area contributed by atoms with E-state index in [0.29, 0.717) is 28.7 Å². The summed E-state index contributed by atoms with van der Waals surface area (Å²) in [4.78, 5) is 82.5. The van der Waals surface area contributed by atoms with Crippen LogP contribution in [0.25, 0.3) is 0 Å². The normalized spacial score (nSPS) is 19.5. The SMILES string of the molecule is C=N/C(Br)=C\C=C/CC(=O)C(NC(=O)NC(C(=O)N1CCC[C@H]1[N+](=O)NC(CC1CC1)C(=O)C(N)=O)C(C)(C)C)C(C)C. The minimum Gasteiger partial charge on any atom is -0.363 e. The van der Waals surface area contributed by atoms with Gasteiger partial charge in [0.1, 0.15) is 15.5 Å². The van der Waals surface area contributed by atoms with Gasteiger partial charge in [-0.25, -0.2) is 4.79 Å². The van der Waals surface area contributed by atoms with E-state index < -0.39 is 53.3 Å². The van der Waals surface area contributed by atoms with E-state index in [-0.39, 0.29) is 30.6 Å². The van der Waals surface area contributed by atoms with Crippen molar-refractivity contribution in [2.24, 2.45) is 28.0 Å². The predicted octanol–water partition coefficient (Wildman–Crippen LogP) is 2.63. The molecular weight excluding hydrogens is 622 g/mol. The number of carbonyl (C=O) groups excluding carboxylic acids is 5. The van der Waals surface area contributed by atoms with E-state index in [1.807, 2.05) is 0 Å². The molecule has 1 aliphatic heterocycles. The highest BCUT2D eigenvalue weighted by molar-refractivity contribution is 9.11. The van der Waals surface area contributed by atoms with E-state index in [9.17, 15) is 28.9 Å². The molecule has 1 saturated heterocycles. The quantitative estimate of drug-likeness (QED) is 0.0487. The van der Waals surface area contributed by atoms with E-state index in [4.69, 9.17) is 5.73 Å². The number of primary amides is 1. The number of aliphatic imine (C=N–C) groups is 1. The predicted molar refractivity (Wildman–Crippen MR) is 166 cm³/mol. The molecule has 1 saturated carbocycles. The van der Waals surface area contributed by atoms with Gasteiger partial charge in [-0.05, 0) is 58.8 Å². The first-order valence-corrected chi connectivity index (χ1v) is 15.3. The molecule has 0 aromatic carbocycles. The van der Waals surface area contributed by atoms with Crippen LogP contribution in [-0.4, -0.2) is 76.7 Å². The van der Waals surface area contributed by atoms with Crippen molar-refractivity contribution in [2.45, 2.75) is 97.4 Å². The Bertz CT molecular complexity index is 1160. The number of nitroso groups, excluding NO2 is 1. The molecule has 43 heavy (non-hydrogen) atoms. The van der Waals surface area contributed by atoms with Crippen molar-refractivity contribution in [3.8, 4) is 0 Å². The molecule has 5 N–H and O–H groups in total. The highest BCUT2D eigenvalue weighted by Gasteiger charge is 2.47. The van der Waals surface area contributed by atoms with Crippen molar-refractivity contribution in [1.82, 2.24) is 21.0 Å². The molecule has 2 fully saturated rings. The van der Waals surface area contributed by atoms with Crippen molar-refractivity contribution < 1.29 is 28.8 Å². The monoisotopic (exact) mass is 666 g/mol. The Balaban J connectivity index is 2.13. The third-order valence-electron chi connectivity index (χ3n) is 7.41. The van der Waals surface area contributed by atoms with E-state index in [2.05, 4.69) is 43.7 Å². The van der Waals surface area contributed by atoms with E-state index in [1.165, 1.54) is 4.90 Å². The van der Waals surface area contributed by atoms with E-state index >= 15 is 0 Å². The zero-order valence-electron chi connectivity index (χ0n) is 25.6. The molecule has 2 aliphatic rings. The molecule has 0 radical (unpaired) electrons. The fraction of sp³-hybridized carbons (Fsp3) is 0.655. The van der Waals surface area contributed by atoms with Gasteiger partial charge >= 0.3 is 12.2 Å². The number of carbonyl (C=O) groups is 5. The zero-order valence-corrected chi connectivity index (χ0v) is 27.2. The Morgan fingerprint density at radius 1 is 1.14 bits per heavy atom. The number of rotatable bonds is 16. The third kappa shape index (κ3) is 11.0. The molecule has 4 amide bonds. The number of nitrogens with one attached hydrogen (secondary N) is 3. The van der Waals surface area contributed by atoms with Crippen LogP contribution in [0.5, 0.6) is 0 Å². The topological polar surface area (TPSA) is 183 Å². The van der Waals surface area contributed by atoms with Gasteiger partial charge in [0.05, 0.1) is 10.9 Å². The average molecular weight is 668 g/mol. The summed E-state index contributed by atoms with van der Waals surface area (Å²) >= 11 is 3.19. The number of urea groups is 1. The van der Waals surface area contributed by atoms with Crippen LogP contribution in [0.4, 0.5) is 4.79 Å². The second-order valence-electron chi connectivity index (χ2n) is 12.5. The Labute approximate surface area is 261 Å². The Morgan fingerprint density at radius 3 is 2.33 bits per heavy atom. The maximum Gasteiger partial charge on any atom is 0.316 e. The number of allylic oxidation sites excluding steroid dienone is 3. The highest BCUT2D eigenvalue weighted by Crippen LogP contribution is 2.34. The number of amides is 4. The number of nitrogens with two attached hydrogens (primary N) is 1. The smallest absolute Gasteiger partial charge is 0.316 e. The number of ketones is 2.